The molecule has 0 saturated heterocycles. The third kappa shape index (κ3) is 5.41. The number of rotatable bonds is 3. The van der Waals surface area contributed by atoms with Gasteiger partial charge in [0.1, 0.15) is 0 Å². The fourth-order valence-electron chi connectivity index (χ4n) is 5.39. The van der Waals surface area contributed by atoms with Gasteiger partial charge in [-0.05, 0) is 5.56 Å². The van der Waals surface area contributed by atoms with Gasteiger partial charge in [-0.1, -0.05) is 12.2 Å². The van der Waals surface area contributed by atoms with Crippen molar-refractivity contribution in [3.63, 3.8) is 0 Å². The molecular weight excluding hydrogens is 552 g/mol. The van der Waals surface area contributed by atoms with Gasteiger partial charge < -0.3 is 10.6 Å². The molecule has 2 fully saturated rings. The Hall–Kier alpha value is -0.921. The van der Waals surface area contributed by atoms with Crippen LogP contribution in [0.3, 0.4) is 0 Å². The number of benzene rings is 1. The minimum absolute atomic E-state index is 0.0974. The standard InChI is InChI=1S/C12H9N3O2.2C6H11.2ClH.Sn/c16-15(17)10-7-8-3-1-5-13-11(8)12-9(10)4-2-6-14-12;2*1-2-4-6-5-3-1;;;/h1-4,7H,5-6H2;2*1H,2-6H2;2*1H;/q-2;;;;;+2/p-2. The van der Waals surface area contributed by atoms with E-state index < -0.39 is 16.1 Å². The van der Waals surface area contributed by atoms with Crippen molar-refractivity contribution in [3.8, 4) is 0 Å². The molecule has 0 aromatic heterocycles. The Morgan fingerprint density at radius 1 is 0.844 bits per heavy atom. The molecular formula is C24H31Cl2N3O2Sn-2. The third-order valence-electron chi connectivity index (χ3n) is 7.11. The Morgan fingerprint density at radius 2 is 1.38 bits per heavy atom. The summed E-state index contributed by atoms with van der Waals surface area (Å²) in [6, 6.07) is 1.57. The monoisotopic (exact) mass is 583 g/mol. The molecule has 0 atom stereocenters. The van der Waals surface area contributed by atoms with Crippen molar-refractivity contribution in [2.45, 2.75) is 72.1 Å². The topological polar surface area (TPSA) is 71.3 Å². The first-order valence-electron chi connectivity index (χ1n) is 11.9. The number of hydrogen-bond donors (Lipinski definition) is 0. The number of fused-ring (bicyclic) bond motifs is 3. The van der Waals surface area contributed by atoms with Gasteiger partial charge >= 0.3 is 106 Å². The quantitative estimate of drug-likeness (QED) is 0.202. The van der Waals surface area contributed by atoms with Crippen LogP contribution < -0.4 is 0 Å². The van der Waals surface area contributed by atoms with E-state index in [-0.39, 0.29) is 10.6 Å². The molecule has 1 aromatic carbocycles. The zero-order valence-corrected chi connectivity index (χ0v) is 22.8. The van der Waals surface area contributed by atoms with Crippen LogP contribution in [0.15, 0.2) is 18.2 Å². The predicted molar refractivity (Wildman–Crippen MR) is 138 cm³/mol. The fraction of sp³-hybridized carbons (Fsp3) is 0.583. The third-order valence-corrected chi connectivity index (χ3v) is 24.9. The maximum atomic E-state index is 11.0. The number of nitro benzene ring substituents is 1. The van der Waals surface area contributed by atoms with Crippen LogP contribution in [0.5, 0.6) is 0 Å². The first-order valence-corrected chi connectivity index (χ1v) is 22.4. The van der Waals surface area contributed by atoms with Crippen LogP contribution >= 0.6 is 17.8 Å². The molecule has 2 saturated carbocycles. The first kappa shape index (κ1) is 24.2. The summed E-state index contributed by atoms with van der Waals surface area (Å²) in [6.07, 6.45) is 21.1. The van der Waals surface area contributed by atoms with Gasteiger partial charge in [-0.3, -0.25) is 10.1 Å². The molecule has 174 valence electrons. The molecule has 5 rings (SSSR count). The van der Waals surface area contributed by atoms with E-state index in [0.717, 1.165) is 19.1 Å². The van der Waals surface area contributed by atoms with E-state index in [0.29, 0.717) is 24.3 Å². The first-order chi connectivity index (χ1) is 15.5. The van der Waals surface area contributed by atoms with Crippen LogP contribution in [0.25, 0.3) is 22.8 Å². The summed E-state index contributed by atoms with van der Waals surface area (Å²) in [6.45, 7) is 1.16. The Labute approximate surface area is 202 Å². The van der Waals surface area contributed by atoms with Gasteiger partial charge in [0, 0.05) is 11.6 Å². The summed E-state index contributed by atoms with van der Waals surface area (Å²) < 4.78 is 1.55. The summed E-state index contributed by atoms with van der Waals surface area (Å²) >= 11 is -2.75. The van der Waals surface area contributed by atoms with Gasteiger partial charge in [0.25, 0.3) is 5.69 Å². The molecule has 5 nitrogen and oxygen atoms in total. The molecule has 0 amide bonds. The molecule has 0 bridgehead atoms. The normalized spacial score (nSPS) is 20.8. The predicted octanol–water partition coefficient (Wildman–Crippen LogP) is 9.23. The summed E-state index contributed by atoms with van der Waals surface area (Å²) in [7, 11) is 13.7. The summed E-state index contributed by atoms with van der Waals surface area (Å²) in [5, 5.41) is 19.7. The Bertz CT molecular complexity index is 872. The molecule has 0 N–H and O–H groups in total. The average molecular weight is 583 g/mol. The minimum atomic E-state index is -2.75. The molecule has 1 aromatic rings. The van der Waals surface area contributed by atoms with Crippen LogP contribution in [0.1, 0.15) is 75.3 Å². The van der Waals surface area contributed by atoms with E-state index in [4.69, 9.17) is 17.8 Å². The molecule has 4 aliphatic rings. The zero-order chi connectivity index (χ0) is 22.6. The summed E-state index contributed by atoms with van der Waals surface area (Å²) in [5.41, 5.74) is 2.87. The number of halogens is 2. The second-order valence-electron chi connectivity index (χ2n) is 9.18. The summed E-state index contributed by atoms with van der Waals surface area (Å²) in [4.78, 5) is 10.7. The Kier molecular flexibility index (Phi) is 8.32. The van der Waals surface area contributed by atoms with E-state index in [2.05, 4.69) is 10.6 Å². The average Bonchev–Trinajstić information content (AvgIpc) is 2.85. The van der Waals surface area contributed by atoms with Gasteiger partial charge in [0.15, 0.2) is 0 Å². The second-order valence-corrected chi connectivity index (χ2v) is 27.4. The second kappa shape index (κ2) is 11.0. The molecule has 0 unspecified atom stereocenters. The van der Waals surface area contributed by atoms with Crippen LogP contribution in [-0.2, 0) is 0 Å². The number of hydrogen-bond acceptors (Lipinski definition) is 2. The molecule has 2 heterocycles. The van der Waals surface area contributed by atoms with Crippen LogP contribution in [0, 0.1) is 10.1 Å². The van der Waals surface area contributed by atoms with Crippen molar-refractivity contribution in [1.82, 2.24) is 0 Å². The zero-order valence-electron chi connectivity index (χ0n) is 18.4. The van der Waals surface area contributed by atoms with Crippen molar-refractivity contribution >= 4 is 63.2 Å². The summed E-state index contributed by atoms with van der Waals surface area (Å²) in [5.74, 6) is 0. The van der Waals surface area contributed by atoms with Crippen LogP contribution in [0.4, 0.5) is 17.1 Å². The van der Waals surface area contributed by atoms with Crippen LogP contribution in [-0.4, -0.2) is 34.1 Å². The van der Waals surface area contributed by atoms with Crippen molar-refractivity contribution < 1.29 is 4.92 Å². The SMILES string of the molecule is O=[N+]([O-])c1cc2c(c3c1C=CC[N-]3)[N-]CC=C2.[Cl][Sn]([Cl])([CH]1CCCCC1)[CH]1CCCCC1. The van der Waals surface area contributed by atoms with E-state index in [1.54, 1.807) is 12.1 Å². The Balaban J connectivity index is 0.000000155. The van der Waals surface area contributed by atoms with Gasteiger partial charge in [-0.2, -0.15) is 0 Å². The van der Waals surface area contributed by atoms with E-state index >= 15 is 0 Å². The van der Waals surface area contributed by atoms with Crippen molar-refractivity contribution in [2.24, 2.45) is 0 Å². The molecule has 2 aliphatic carbocycles. The number of nitrogens with zero attached hydrogens (tertiary/aromatic N) is 3. The molecule has 8 heteroatoms. The van der Waals surface area contributed by atoms with E-state index in [1.807, 2.05) is 18.2 Å². The van der Waals surface area contributed by atoms with E-state index in [1.165, 1.54) is 64.2 Å². The van der Waals surface area contributed by atoms with Gasteiger partial charge in [0.05, 0.1) is 4.92 Å². The van der Waals surface area contributed by atoms with Crippen molar-refractivity contribution in [2.75, 3.05) is 13.1 Å². The fourth-order valence-corrected chi connectivity index (χ4v) is 19.9. The van der Waals surface area contributed by atoms with Gasteiger partial charge in [0.2, 0.25) is 0 Å². The number of nitro groups is 1. The van der Waals surface area contributed by atoms with Gasteiger partial charge in [-0.25, -0.2) is 0 Å². The Morgan fingerprint density at radius 3 is 1.94 bits per heavy atom. The van der Waals surface area contributed by atoms with Crippen LogP contribution in [0.2, 0.25) is 7.87 Å². The molecule has 2 aliphatic heterocycles. The van der Waals surface area contributed by atoms with E-state index in [9.17, 15) is 10.1 Å². The molecule has 0 spiro atoms. The van der Waals surface area contributed by atoms with Gasteiger partial charge in [-0.15, -0.1) is 36.6 Å². The molecule has 0 radical (unpaired) electrons. The molecule has 32 heavy (non-hydrogen) atoms. The van der Waals surface area contributed by atoms with Crippen molar-refractivity contribution in [1.29, 1.82) is 0 Å². The van der Waals surface area contributed by atoms with Crippen molar-refractivity contribution in [3.05, 3.63) is 50.1 Å². The maximum absolute atomic E-state index is 11.0.